The molecule has 0 saturated carbocycles. The molecule has 94 valence electrons. The summed E-state index contributed by atoms with van der Waals surface area (Å²) in [6.07, 6.45) is 4.35. The topological polar surface area (TPSA) is 34.0 Å². The number of nitrogens with zero attached hydrogens (tertiary/aromatic N) is 1. The van der Waals surface area contributed by atoms with Crippen LogP contribution < -0.4 is 5.32 Å². The third kappa shape index (κ3) is 3.48. The van der Waals surface area contributed by atoms with E-state index in [2.05, 4.69) is 24.4 Å². The van der Waals surface area contributed by atoms with Crippen LogP contribution in [-0.4, -0.2) is 10.5 Å². The first kappa shape index (κ1) is 12.4. The molecule has 0 bridgehead atoms. The molecule has 1 N–H and O–H groups in total. The van der Waals surface area contributed by atoms with Crippen LogP contribution in [0.25, 0.3) is 0 Å². The molecule has 1 aromatic carbocycles. The Hall–Kier alpha value is -2.03. The van der Waals surface area contributed by atoms with Gasteiger partial charge in [0.1, 0.15) is 0 Å². The zero-order chi connectivity index (χ0) is 13.0. The minimum absolute atomic E-state index is 0.0581. The van der Waals surface area contributed by atoms with Crippen molar-refractivity contribution in [2.45, 2.75) is 19.9 Å². The van der Waals surface area contributed by atoms with Crippen LogP contribution in [0.4, 0.5) is 0 Å². The van der Waals surface area contributed by atoms with Gasteiger partial charge in [-0.1, -0.05) is 29.8 Å². The highest BCUT2D eigenvalue weighted by molar-refractivity contribution is 5.78. The molecule has 0 spiro atoms. The Morgan fingerprint density at radius 3 is 2.78 bits per heavy atom. The molecule has 0 unspecified atom stereocenters. The standard InChI is InChI=1S/C15H18N2O/c1-12-4-3-5-13(8-12)10-16-15(18)9-14-6-7-17(2)11-14/h3-8,11H,9-10H2,1-2H3,(H,16,18). The summed E-state index contributed by atoms with van der Waals surface area (Å²) in [5, 5.41) is 2.94. The van der Waals surface area contributed by atoms with E-state index in [1.807, 2.05) is 42.2 Å². The van der Waals surface area contributed by atoms with E-state index < -0.39 is 0 Å². The number of carbonyl (C=O) groups is 1. The van der Waals surface area contributed by atoms with Crippen molar-refractivity contribution in [3.63, 3.8) is 0 Å². The first-order chi connectivity index (χ1) is 8.63. The fraction of sp³-hybridized carbons (Fsp3) is 0.267. The predicted molar refractivity (Wildman–Crippen MR) is 72.1 cm³/mol. The molecule has 0 aliphatic rings. The molecular weight excluding hydrogens is 224 g/mol. The van der Waals surface area contributed by atoms with Gasteiger partial charge in [-0.15, -0.1) is 0 Å². The van der Waals surface area contributed by atoms with Crippen LogP contribution >= 0.6 is 0 Å². The van der Waals surface area contributed by atoms with Crippen LogP contribution in [0.3, 0.4) is 0 Å². The molecule has 0 saturated heterocycles. The first-order valence-electron chi connectivity index (χ1n) is 6.06. The fourth-order valence-electron chi connectivity index (χ4n) is 1.94. The predicted octanol–water partition coefficient (Wildman–Crippen LogP) is 2.19. The normalized spacial score (nSPS) is 10.3. The molecule has 3 nitrogen and oxygen atoms in total. The molecule has 0 aliphatic heterocycles. The van der Waals surface area contributed by atoms with E-state index in [-0.39, 0.29) is 5.91 Å². The molecule has 2 rings (SSSR count). The van der Waals surface area contributed by atoms with Crippen molar-refractivity contribution in [2.75, 3.05) is 0 Å². The van der Waals surface area contributed by atoms with Crippen molar-refractivity contribution in [1.29, 1.82) is 0 Å². The second kappa shape index (κ2) is 5.54. The third-order valence-corrected chi connectivity index (χ3v) is 2.83. The number of aryl methyl sites for hydroxylation is 2. The van der Waals surface area contributed by atoms with E-state index in [0.717, 1.165) is 11.1 Å². The van der Waals surface area contributed by atoms with Gasteiger partial charge in [0, 0.05) is 26.0 Å². The van der Waals surface area contributed by atoms with Gasteiger partial charge < -0.3 is 9.88 Å². The van der Waals surface area contributed by atoms with Crippen molar-refractivity contribution in [1.82, 2.24) is 9.88 Å². The molecule has 0 radical (unpaired) electrons. The van der Waals surface area contributed by atoms with E-state index in [4.69, 9.17) is 0 Å². The molecule has 18 heavy (non-hydrogen) atoms. The lowest BCUT2D eigenvalue weighted by molar-refractivity contribution is -0.120. The monoisotopic (exact) mass is 242 g/mol. The summed E-state index contributed by atoms with van der Waals surface area (Å²) in [7, 11) is 1.95. The highest BCUT2D eigenvalue weighted by Gasteiger charge is 2.04. The van der Waals surface area contributed by atoms with E-state index in [9.17, 15) is 4.79 Å². The molecule has 1 amide bonds. The average molecular weight is 242 g/mol. The summed E-state index contributed by atoms with van der Waals surface area (Å²) in [6.45, 7) is 2.64. The van der Waals surface area contributed by atoms with Crippen molar-refractivity contribution in [3.05, 3.63) is 59.4 Å². The third-order valence-electron chi connectivity index (χ3n) is 2.83. The van der Waals surface area contributed by atoms with Gasteiger partial charge in [-0.05, 0) is 24.1 Å². The second-order valence-corrected chi connectivity index (χ2v) is 4.63. The molecule has 0 aliphatic carbocycles. The van der Waals surface area contributed by atoms with E-state index in [1.165, 1.54) is 5.56 Å². The van der Waals surface area contributed by atoms with Gasteiger partial charge in [0.2, 0.25) is 5.91 Å². The van der Waals surface area contributed by atoms with Gasteiger partial charge in [-0.2, -0.15) is 0 Å². The van der Waals surface area contributed by atoms with Crippen molar-refractivity contribution in [2.24, 2.45) is 7.05 Å². The number of amides is 1. The Kier molecular flexibility index (Phi) is 3.82. The van der Waals surface area contributed by atoms with Gasteiger partial charge in [-0.25, -0.2) is 0 Å². The van der Waals surface area contributed by atoms with Gasteiger partial charge >= 0.3 is 0 Å². The average Bonchev–Trinajstić information content (AvgIpc) is 2.72. The first-order valence-corrected chi connectivity index (χ1v) is 6.06. The Morgan fingerprint density at radius 2 is 2.11 bits per heavy atom. The van der Waals surface area contributed by atoms with Crippen LogP contribution in [0.1, 0.15) is 16.7 Å². The van der Waals surface area contributed by atoms with Gasteiger partial charge in [0.15, 0.2) is 0 Å². The molecule has 2 aromatic rings. The maximum absolute atomic E-state index is 11.8. The molecule has 0 atom stereocenters. The van der Waals surface area contributed by atoms with Crippen LogP contribution in [0.5, 0.6) is 0 Å². The number of hydrogen-bond donors (Lipinski definition) is 1. The van der Waals surface area contributed by atoms with Crippen LogP contribution in [0, 0.1) is 6.92 Å². The van der Waals surface area contributed by atoms with Crippen molar-refractivity contribution in [3.8, 4) is 0 Å². The van der Waals surface area contributed by atoms with Gasteiger partial charge in [0.25, 0.3) is 0 Å². The maximum atomic E-state index is 11.8. The number of benzene rings is 1. The molecule has 1 heterocycles. The Labute approximate surface area is 107 Å². The number of aromatic nitrogens is 1. The molecule has 1 aromatic heterocycles. The summed E-state index contributed by atoms with van der Waals surface area (Å²) >= 11 is 0. The summed E-state index contributed by atoms with van der Waals surface area (Å²) in [4.78, 5) is 11.8. The largest absolute Gasteiger partial charge is 0.357 e. The Morgan fingerprint density at radius 1 is 1.28 bits per heavy atom. The van der Waals surface area contributed by atoms with Crippen molar-refractivity contribution < 1.29 is 4.79 Å². The molecule has 3 heteroatoms. The highest BCUT2D eigenvalue weighted by Crippen LogP contribution is 2.04. The van der Waals surface area contributed by atoms with Gasteiger partial charge in [0.05, 0.1) is 6.42 Å². The quantitative estimate of drug-likeness (QED) is 0.876. The summed E-state index contributed by atoms with van der Waals surface area (Å²) in [5.41, 5.74) is 3.39. The van der Waals surface area contributed by atoms with Gasteiger partial charge in [-0.3, -0.25) is 4.79 Å². The number of nitrogens with one attached hydrogen (secondary N) is 1. The second-order valence-electron chi connectivity index (χ2n) is 4.63. The van der Waals surface area contributed by atoms with E-state index in [0.29, 0.717) is 13.0 Å². The zero-order valence-electron chi connectivity index (χ0n) is 10.8. The summed E-state index contributed by atoms with van der Waals surface area (Å²) in [6, 6.07) is 10.1. The summed E-state index contributed by atoms with van der Waals surface area (Å²) < 4.78 is 1.95. The van der Waals surface area contributed by atoms with Crippen LogP contribution in [0.2, 0.25) is 0 Å². The lowest BCUT2D eigenvalue weighted by Gasteiger charge is -2.05. The molecule has 0 fully saturated rings. The van der Waals surface area contributed by atoms with E-state index in [1.54, 1.807) is 0 Å². The minimum Gasteiger partial charge on any atom is -0.357 e. The smallest absolute Gasteiger partial charge is 0.224 e. The van der Waals surface area contributed by atoms with Crippen molar-refractivity contribution >= 4 is 5.91 Å². The Bertz CT molecular complexity index is 543. The van der Waals surface area contributed by atoms with Crippen LogP contribution in [-0.2, 0) is 24.8 Å². The minimum atomic E-state index is 0.0581. The van der Waals surface area contributed by atoms with Crippen LogP contribution in [0.15, 0.2) is 42.7 Å². The number of carbonyl (C=O) groups excluding carboxylic acids is 1. The number of rotatable bonds is 4. The van der Waals surface area contributed by atoms with E-state index >= 15 is 0 Å². The summed E-state index contributed by atoms with van der Waals surface area (Å²) in [5.74, 6) is 0.0581. The SMILES string of the molecule is Cc1cccc(CNC(=O)Cc2ccn(C)c2)c1. The molecular formula is C15H18N2O. The lowest BCUT2D eigenvalue weighted by atomic mass is 10.1. The number of hydrogen-bond acceptors (Lipinski definition) is 1. The lowest BCUT2D eigenvalue weighted by Crippen LogP contribution is -2.24. The highest BCUT2D eigenvalue weighted by atomic mass is 16.1. The maximum Gasteiger partial charge on any atom is 0.224 e. The fourth-order valence-corrected chi connectivity index (χ4v) is 1.94. The zero-order valence-corrected chi connectivity index (χ0v) is 10.8. The Balaban J connectivity index is 1.85.